The molecule has 1 N–H and O–H groups in total. The van der Waals surface area contributed by atoms with Gasteiger partial charge in [0.15, 0.2) is 9.84 Å². The van der Waals surface area contributed by atoms with Crippen molar-refractivity contribution in [1.29, 1.82) is 0 Å². The number of fused-ring (bicyclic) bond motifs is 1. The Hall–Kier alpha value is -2.96. The minimum Gasteiger partial charge on any atom is -0.492 e. The number of carbonyl (C=O) groups is 1. The van der Waals surface area contributed by atoms with Crippen molar-refractivity contribution in [3.8, 4) is 5.75 Å². The lowest BCUT2D eigenvalue weighted by Crippen LogP contribution is -2.36. The van der Waals surface area contributed by atoms with E-state index in [1.54, 1.807) is 13.8 Å². The second-order valence-electron chi connectivity index (χ2n) is 10.2. The first-order chi connectivity index (χ1) is 18.4. The Kier molecular flexibility index (Phi) is 9.07. The zero-order valence-corrected chi connectivity index (χ0v) is 23.0. The Bertz CT molecular complexity index is 1320. The zero-order valence-electron chi connectivity index (χ0n) is 22.2. The number of halogens is 6. The molecule has 1 heterocycles. The molecule has 0 amide bonds. The van der Waals surface area contributed by atoms with Gasteiger partial charge in [-0.1, -0.05) is 13.8 Å². The van der Waals surface area contributed by atoms with E-state index in [4.69, 9.17) is 4.74 Å². The van der Waals surface area contributed by atoms with Crippen LogP contribution in [0.3, 0.4) is 0 Å². The molecule has 1 aliphatic rings. The monoisotopic (exact) mass is 595 g/mol. The number of rotatable bonds is 10. The lowest BCUT2D eigenvalue weighted by molar-refractivity contribution is -0.151. The number of aliphatic carboxylic acids is 1. The Morgan fingerprint density at radius 1 is 1.07 bits per heavy atom. The topological polar surface area (TPSA) is 83.9 Å². The third-order valence-electron chi connectivity index (χ3n) is 7.33. The minimum atomic E-state index is -5.02. The summed E-state index contributed by atoms with van der Waals surface area (Å²) in [7, 11) is -4.33. The highest BCUT2D eigenvalue weighted by molar-refractivity contribution is 7.91. The van der Waals surface area contributed by atoms with Crippen LogP contribution < -0.4 is 9.64 Å². The second-order valence-corrected chi connectivity index (χ2v) is 12.2. The van der Waals surface area contributed by atoms with Gasteiger partial charge in [-0.05, 0) is 62.4 Å². The van der Waals surface area contributed by atoms with Crippen LogP contribution >= 0.6 is 0 Å². The minimum absolute atomic E-state index is 0.0471. The maximum Gasteiger partial charge on any atom is 0.420 e. The van der Waals surface area contributed by atoms with Crippen molar-refractivity contribution in [2.24, 2.45) is 11.3 Å². The standard InChI is InChI=1S/C27H31F6NO5S/c1-4-26(5-2,24(35)36)16-39-22-13-23-21(12-20(22)27(31,32)33)34(19-8-6-18(28)7-9-19)14-17(15-40(23,37)38)10-11-25(3,29)30/h6-9,12-13,17H,4-5,10-11,14-16H2,1-3H3,(H,35,36)/t17-/m1/s1. The Balaban J connectivity index is 2.21. The van der Waals surface area contributed by atoms with Gasteiger partial charge >= 0.3 is 12.1 Å². The fourth-order valence-corrected chi connectivity index (χ4v) is 6.54. The van der Waals surface area contributed by atoms with Crippen molar-refractivity contribution in [2.45, 2.75) is 63.4 Å². The van der Waals surface area contributed by atoms with Gasteiger partial charge in [-0.15, -0.1) is 0 Å². The van der Waals surface area contributed by atoms with Crippen LogP contribution in [-0.2, 0) is 20.8 Å². The third kappa shape index (κ3) is 7.02. The first-order valence-electron chi connectivity index (χ1n) is 12.7. The van der Waals surface area contributed by atoms with Gasteiger partial charge in [0.1, 0.15) is 23.6 Å². The molecular weight excluding hydrogens is 564 g/mol. The van der Waals surface area contributed by atoms with E-state index >= 15 is 0 Å². The zero-order chi connectivity index (χ0) is 30.1. The molecule has 0 spiro atoms. The molecule has 0 unspecified atom stereocenters. The first-order valence-corrected chi connectivity index (χ1v) is 14.3. The number of carboxylic acid groups (broad SMARTS) is 1. The van der Waals surface area contributed by atoms with Gasteiger partial charge in [0.2, 0.25) is 5.92 Å². The molecule has 3 rings (SSSR count). The van der Waals surface area contributed by atoms with Crippen LogP contribution in [0.25, 0.3) is 0 Å². The van der Waals surface area contributed by atoms with Crippen LogP contribution in [0.15, 0.2) is 41.3 Å². The number of anilines is 2. The predicted molar refractivity (Wildman–Crippen MR) is 136 cm³/mol. The largest absolute Gasteiger partial charge is 0.492 e. The SMILES string of the molecule is CCC(CC)(COc1cc2c(cc1C(F)(F)F)N(c1ccc(F)cc1)C[C@@H](CCC(C)(F)F)CS2(=O)=O)C(=O)O. The van der Waals surface area contributed by atoms with Crippen LogP contribution in [0, 0.1) is 17.2 Å². The molecule has 0 bridgehead atoms. The summed E-state index contributed by atoms with van der Waals surface area (Å²) in [6.07, 6.45) is -5.81. The molecule has 1 atom stereocenters. The molecule has 1 aliphatic heterocycles. The summed E-state index contributed by atoms with van der Waals surface area (Å²) in [6.45, 7) is 2.92. The highest BCUT2D eigenvalue weighted by Crippen LogP contribution is 2.46. The maximum atomic E-state index is 14.3. The average Bonchev–Trinajstić information content (AvgIpc) is 2.96. The van der Waals surface area contributed by atoms with Crippen molar-refractivity contribution in [3.63, 3.8) is 0 Å². The van der Waals surface area contributed by atoms with Gasteiger partial charge in [-0.3, -0.25) is 4.79 Å². The highest BCUT2D eigenvalue weighted by Gasteiger charge is 2.42. The number of ether oxygens (including phenoxy) is 1. The lowest BCUT2D eigenvalue weighted by atomic mass is 9.83. The maximum absolute atomic E-state index is 14.3. The molecule has 0 aromatic heterocycles. The molecule has 13 heteroatoms. The molecule has 0 saturated heterocycles. The molecule has 0 saturated carbocycles. The third-order valence-corrected chi connectivity index (χ3v) is 9.24. The summed E-state index contributed by atoms with van der Waals surface area (Å²) in [5, 5.41) is 9.68. The molecule has 40 heavy (non-hydrogen) atoms. The van der Waals surface area contributed by atoms with E-state index in [1.807, 2.05) is 0 Å². The Morgan fingerprint density at radius 2 is 1.68 bits per heavy atom. The van der Waals surface area contributed by atoms with Crippen LogP contribution in [0.5, 0.6) is 5.75 Å². The van der Waals surface area contributed by atoms with Crippen LogP contribution in [0.2, 0.25) is 0 Å². The smallest absolute Gasteiger partial charge is 0.420 e. The Morgan fingerprint density at radius 3 is 2.17 bits per heavy atom. The Labute approximate surface area is 228 Å². The van der Waals surface area contributed by atoms with E-state index in [2.05, 4.69) is 0 Å². The average molecular weight is 596 g/mol. The van der Waals surface area contributed by atoms with E-state index in [0.717, 1.165) is 18.2 Å². The number of benzene rings is 2. The van der Waals surface area contributed by atoms with E-state index in [1.165, 1.54) is 17.0 Å². The normalized spacial score (nSPS) is 17.7. The van der Waals surface area contributed by atoms with Crippen molar-refractivity contribution in [3.05, 3.63) is 47.8 Å². The number of carboxylic acids is 1. The second kappa shape index (κ2) is 11.5. The van der Waals surface area contributed by atoms with Gasteiger partial charge in [-0.25, -0.2) is 21.6 Å². The van der Waals surface area contributed by atoms with Crippen LogP contribution in [0.4, 0.5) is 37.7 Å². The number of sulfone groups is 1. The molecule has 222 valence electrons. The first kappa shape index (κ1) is 31.6. The van der Waals surface area contributed by atoms with E-state index in [-0.39, 0.29) is 37.2 Å². The summed E-state index contributed by atoms with van der Waals surface area (Å²) >= 11 is 0. The van der Waals surface area contributed by atoms with Crippen molar-refractivity contribution < 1.29 is 49.4 Å². The van der Waals surface area contributed by atoms with Gasteiger partial charge in [0.05, 0.1) is 21.9 Å². The predicted octanol–water partition coefficient (Wildman–Crippen LogP) is 7.09. The summed E-state index contributed by atoms with van der Waals surface area (Å²) in [5.41, 5.74) is -3.05. The molecule has 2 aromatic carbocycles. The molecule has 6 nitrogen and oxygen atoms in total. The molecule has 0 fully saturated rings. The van der Waals surface area contributed by atoms with E-state index < -0.39 is 80.0 Å². The number of hydrogen-bond acceptors (Lipinski definition) is 5. The molecule has 0 radical (unpaired) electrons. The summed E-state index contributed by atoms with van der Waals surface area (Å²) in [4.78, 5) is 12.6. The fourth-order valence-electron chi connectivity index (χ4n) is 4.69. The van der Waals surface area contributed by atoms with Gasteiger partial charge < -0.3 is 14.7 Å². The number of hydrogen-bond donors (Lipinski definition) is 1. The molecule has 2 aromatic rings. The summed E-state index contributed by atoms with van der Waals surface area (Å²) in [6, 6.07) is 5.93. The lowest BCUT2D eigenvalue weighted by Gasteiger charge is -2.30. The van der Waals surface area contributed by atoms with Crippen molar-refractivity contribution in [1.82, 2.24) is 0 Å². The van der Waals surface area contributed by atoms with Gasteiger partial charge in [0, 0.05) is 24.7 Å². The summed E-state index contributed by atoms with van der Waals surface area (Å²) in [5.74, 6) is -7.38. The highest BCUT2D eigenvalue weighted by atomic mass is 32.2. The summed E-state index contributed by atoms with van der Waals surface area (Å²) < 4.78 is 116. The number of nitrogens with zero attached hydrogens (tertiary/aromatic N) is 1. The fraction of sp³-hybridized carbons (Fsp3) is 0.519. The van der Waals surface area contributed by atoms with E-state index in [0.29, 0.717) is 13.0 Å². The van der Waals surface area contributed by atoms with Crippen LogP contribution in [-0.4, -0.2) is 44.3 Å². The van der Waals surface area contributed by atoms with Crippen molar-refractivity contribution >= 4 is 27.2 Å². The molecule has 0 aliphatic carbocycles. The molecular formula is C27H31F6NO5S. The van der Waals surface area contributed by atoms with E-state index in [9.17, 15) is 44.7 Å². The van der Waals surface area contributed by atoms with Gasteiger partial charge in [-0.2, -0.15) is 13.2 Å². The van der Waals surface area contributed by atoms with Gasteiger partial charge in [0.25, 0.3) is 0 Å². The van der Waals surface area contributed by atoms with Crippen molar-refractivity contribution in [2.75, 3.05) is 23.8 Å². The quantitative estimate of drug-likeness (QED) is 0.295. The van der Waals surface area contributed by atoms with Crippen LogP contribution in [0.1, 0.15) is 52.0 Å². The number of alkyl halides is 5.